The van der Waals surface area contributed by atoms with E-state index in [0.29, 0.717) is 73.1 Å². The second-order valence-corrected chi connectivity index (χ2v) is 23.9. The van der Waals surface area contributed by atoms with Crippen molar-refractivity contribution in [2.24, 2.45) is 0 Å². The predicted molar refractivity (Wildman–Crippen MR) is 228 cm³/mol. The molecule has 3 aliphatic heterocycles. The maximum Gasteiger partial charge on any atom is 0.410 e. The van der Waals surface area contributed by atoms with Crippen molar-refractivity contribution in [3.05, 3.63) is 52.7 Å². The smallest absolute Gasteiger partial charge is 0.410 e. The first-order chi connectivity index (χ1) is 27.3. The van der Waals surface area contributed by atoms with Crippen molar-refractivity contribution in [3.63, 3.8) is 0 Å². The molecule has 2 saturated heterocycles. The van der Waals surface area contributed by atoms with Gasteiger partial charge < -0.3 is 23.8 Å². The Morgan fingerprint density at radius 1 is 1.00 bits per heavy atom. The second kappa shape index (κ2) is 15.3. The minimum atomic E-state index is -2.30. The van der Waals surface area contributed by atoms with Crippen molar-refractivity contribution < 1.29 is 32.5 Å². The van der Waals surface area contributed by atoms with Gasteiger partial charge in [-0.2, -0.15) is 0 Å². The fraction of sp³-hybridized carbons (Fsp3) is 0.543. The van der Waals surface area contributed by atoms with E-state index in [1.807, 2.05) is 46.4 Å². The van der Waals surface area contributed by atoms with E-state index in [0.717, 1.165) is 12.8 Å². The Morgan fingerprint density at radius 2 is 1.69 bits per heavy atom. The Bertz CT molecular complexity index is 2330. The van der Waals surface area contributed by atoms with E-state index >= 15 is 8.78 Å². The molecule has 5 heterocycles. The molecule has 0 spiro atoms. The maximum atomic E-state index is 17.9. The SMILES string of the molecule is COCOc1cc(-c2nc3c4c(nc(C)c(C)c4c2F)N2C[C@H]4CC[C@@H]([C@H]2[C@H](C)O3)N4C(=O)OC(C)(C)C)c2c(C#C[Si](C(C)C)(C(C)C)C(C)C)c(F)ccc2c1. The van der Waals surface area contributed by atoms with E-state index in [4.69, 9.17) is 28.9 Å². The second-order valence-electron chi connectivity index (χ2n) is 18.3. The van der Waals surface area contributed by atoms with Crippen LogP contribution in [0.4, 0.5) is 19.4 Å². The van der Waals surface area contributed by atoms with E-state index in [1.54, 1.807) is 18.2 Å². The zero-order chi connectivity index (χ0) is 42.2. The van der Waals surface area contributed by atoms with Gasteiger partial charge in [0.2, 0.25) is 5.88 Å². The molecule has 2 aromatic carbocycles. The Morgan fingerprint density at radius 3 is 2.33 bits per heavy atom. The van der Waals surface area contributed by atoms with Gasteiger partial charge in [-0.15, -0.1) is 5.54 Å². The number of fused-ring (bicyclic) bond motifs is 6. The highest BCUT2D eigenvalue weighted by Gasteiger charge is 2.54. The highest BCUT2D eigenvalue weighted by molar-refractivity contribution is 6.90. The molecule has 3 aliphatic rings. The maximum absolute atomic E-state index is 17.9. The van der Waals surface area contributed by atoms with Crippen molar-refractivity contribution in [2.75, 3.05) is 25.3 Å². The molecule has 7 rings (SSSR count). The molecule has 310 valence electrons. The van der Waals surface area contributed by atoms with Crippen molar-refractivity contribution in [3.8, 4) is 34.4 Å². The molecule has 12 heteroatoms. The third-order valence-electron chi connectivity index (χ3n) is 12.8. The molecule has 0 radical (unpaired) electrons. The first kappa shape index (κ1) is 41.7. The molecule has 0 saturated carbocycles. The molecule has 1 amide bonds. The van der Waals surface area contributed by atoms with E-state index < -0.39 is 31.4 Å². The lowest BCUT2D eigenvalue weighted by molar-refractivity contribution is 0.000949. The van der Waals surface area contributed by atoms with Crippen molar-refractivity contribution in [2.45, 2.75) is 142 Å². The van der Waals surface area contributed by atoms with Gasteiger partial charge in [-0.1, -0.05) is 53.5 Å². The van der Waals surface area contributed by atoms with Crippen LogP contribution in [0.5, 0.6) is 11.6 Å². The number of hydrogen-bond acceptors (Lipinski definition) is 8. The third-order valence-corrected chi connectivity index (χ3v) is 19.1. The molecule has 2 aromatic heterocycles. The number of carbonyl (C=O) groups excluding carboxylic acids is 1. The summed E-state index contributed by atoms with van der Waals surface area (Å²) in [6.07, 6.45) is 0.745. The van der Waals surface area contributed by atoms with Crippen LogP contribution in [0.15, 0.2) is 24.3 Å². The van der Waals surface area contributed by atoms with Crippen LogP contribution in [0.1, 0.15) is 98.9 Å². The van der Waals surface area contributed by atoms with Crippen LogP contribution >= 0.6 is 0 Å². The quantitative estimate of drug-likeness (QED) is 0.104. The summed E-state index contributed by atoms with van der Waals surface area (Å²) in [5, 5.41) is 1.89. The summed E-state index contributed by atoms with van der Waals surface area (Å²) in [4.78, 5) is 27.9. The summed E-state index contributed by atoms with van der Waals surface area (Å²) in [5.41, 5.74) is 5.84. The number of nitrogens with zero attached hydrogens (tertiary/aromatic N) is 4. The molecule has 58 heavy (non-hydrogen) atoms. The average molecular weight is 813 g/mol. The first-order valence-corrected chi connectivity index (χ1v) is 22.9. The van der Waals surface area contributed by atoms with Crippen LogP contribution in [0, 0.1) is 36.9 Å². The number of carbonyl (C=O) groups is 1. The minimum absolute atomic E-state index is 0.00673. The molecule has 4 atom stereocenters. The Hall–Kier alpha value is -4.47. The van der Waals surface area contributed by atoms with Crippen LogP contribution in [-0.2, 0) is 9.47 Å². The summed E-state index contributed by atoms with van der Waals surface area (Å²) >= 11 is 0. The number of anilines is 1. The van der Waals surface area contributed by atoms with E-state index in [9.17, 15) is 4.79 Å². The molecule has 0 N–H and O–H groups in total. The fourth-order valence-corrected chi connectivity index (χ4v) is 15.4. The molecule has 2 fully saturated rings. The summed E-state index contributed by atoms with van der Waals surface area (Å²) in [5.74, 6) is 3.52. The molecule has 9 nitrogen and oxygen atoms in total. The molecular formula is C46H58F2N4O5Si. The third kappa shape index (κ3) is 6.86. The van der Waals surface area contributed by atoms with Gasteiger partial charge in [0.15, 0.2) is 12.6 Å². The van der Waals surface area contributed by atoms with Crippen LogP contribution in [0.2, 0.25) is 16.6 Å². The molecule has 0 unspecified atom stereocenters. The van der Waals surface area contributed by atoms with E-state index in [2.05, 4.69) is 57.9 Å². The molecular weight excluding hydrogens is 755 g/mol. The lowest BCUT2D eigenvalue weighted by Gasteiger charge is -2.48. The molecule has 4 aromatic rings. The number of halogens is 2. The summed E-state index contributed by atoms with van der Waals surface area (Å²) in [6, 6.07) is 5.94. The van der Waals surface area contributed by atoms with Gasteiger partial charge in [-0.25, -0.2) is 23.5 Å². The van der Waals surface area contributed by atoms with Crippen LogP contribution < -0.4 is 14.4 Å². The minimum Gasteiger partial charge on any atom is -0.472 e. The van der Waals surface area contributed by atoms with E-state index in [-0.39, 0.29) is 48.1 Å². The van der Waals surface area contributed by atoms with Gasteiger partial charge in [-0.05, 0) is 100 Å². The Kier molecular flexibility index (Phi) is 11.0. The van der Waals surface area contributed by atoms with Crippen molar-refractivity contribution >= 4 is 41.5 Å². The number of piperazine rings is 1. The summed E-state index contributed by atoms with van der Waals surface area (Å²) < 4.78 is 58.2. The summed E-state index contributed by atoms with van der Waals surface area (Å²) in [7, 11) is -0.775. The van der Waals surface area contributed by atoms with Crippen LogP contribution in [-0.4, -0.2) is 79.3 Å². The van der Waals surface area contributed by atoms with Gasteiger partial charge in [0.25, 0.3) is 0 Å². The number of methoxy groups -OCH3 is 1. The number of aryl methyl sites for hydroxylation is 2. The normalized spacial score (nSPS) is 20.4. The predicted octanol–water partition coefficient (Wildman–Crippen LogP) is 10.6. The Labute approximate surface area is 342 Å². The number of aromatic nitrogens is 2. The Balaban J connectivity index is 1.48. The highest BCUT2D eigenvalue weighted by atomic mass is 28.3. The number of ether oxygens (including phenoxy) is 4. The van der Waals surface area contributed by atoms with Gasteiger partial charge in [0.1, 0.15) is 42.9 Å². The zero-order valence-corrected chi connectivity index (χ0v) is 37.3. The number of rotatable bonds is 7. The topological polar surface area (TPSA) is 86.3 Å². The standard InChI is InChI=1S/C46H58F2N4O5Si/c1-24(2)58(25(3)4,26(5)6)19-18-33-35(47)16-14-30-20-32(55-23-54-13)21-34(38(30)33)41-40(48)37-27(7)28(8)49-43-39(37)44(50-41)56-29(9)42-36-17-15-31(22-51(42)43)52(36)45(53)57-46(10,11)12/h14,16,20-21,24-26,29,31,36,42H,15,17,22-23H2,1-13H3/t29-,31+,36-,42+/m0/s1. The zero-order valence-electron chi connectivity index (χ0n) is 36.3. The highest BCUT2D eigenvalue weighted by Crippen LogP contribution is 2.49. The number of pyridine rings is 2. The van der Waals surface area contributed by atoms with Gasteiger partial charge >= 0.3 is 6.09 Å². The van der Waals surface area contributed by atoms with Gasteiger partial charge in [0, 0.05) is 35.7 Å². The van der Waals surface area contributed by atoms with Crippen LogP contribution in [0.3, 0.4) is 0 Å². The summed E-state index contributed by atoms with van der Waals surface area (Å²) in [6.45, 7) is 25.1. The lowest BCUT2D eigenvalue weighted by atomic mass is 9.94. The number of amides is 1. The van der Waals surface area contributed by atoms with Gasteiger partial charge in [-0.3, -0.25) is 4.90 Å². The van der Waals surface area contributed by atoms with Crippen LogP contribution in [0.25, 0.3) is 32.8 Å². The van der Waals surface area contributed by atoms with Gasteiger partial charge in [0.05, 0.1) is 29.1 Å². The average Bonchev–Trinajstić information content (AvgIpc) is 3.39. The number of hydrogen-bond donors (Lipinski definition) is 0. The largest absolute Gasteiger partial charge is 0.472 e. The monoisotopic (exact) mass is 812 g/mol. The van der Waals surface area contributed by atoms with Crippen molar-refractivity contribution in [1.82, 2.24) is 14.9 Å². The van der Waals surface area contributed by atoms with E-state index in [1.165, 1.54) is 13.2 Å². The fourth-order valence-electron chi connectivity index (χ4n) is 10.2. The first-order valence-electron chi connectivity index (χ1n) is 20.7. The number of benzene rings is 2. The molecule has 0 aliphatic carbocycles. The molecule has 2 bridgehead atoms. The lowest BCUT2D eigenvalue weighted by Crippen LogP contribution is -2.65. The van der Waals surface area contributed by atoms with Crippen molar-refractivity contribution in [1.29, 1.82) is 0 Å².